The molecule has 3 heteroatoms. The zero-order valence-corrected chi connectivity index (χ0v) is 27.3. The lowest BCUT2D eigenvalue weighted by Crippen LogP contribution is -2.47. The van der Waals surface area contributed by atoms with Crippen molar-refractivity contribution in [1.29, 1.82) is 0 Å². The first-order valence-electron chi connectivity index (χ1n) is 17.1. The van der Waals surface area contributed by atoms with Crippen LogP contribution in [0.4, 0.5) is 0 Å². The van der Waals surface area contributed by atoms with Crippen LogP contribution in [0.3, 0.4) is 0 Å². The summed E-state index contributed by atoms with van der Waals surface area (Å²) >= 11 is 0. The Labute approximate surface area is 283 Å². The molecule has 49 heavy (non-hydrogen) atoms. The zero-order chi connectivity index (χ0) is 32.4. The Kier molecular flexibility index (Phi) is 5.18. The summed E-state index contributed by atoms with van der Waals surface area (Å²) in [6, 6.07) is 55.5. The Morgan fingerprint density at radius 1 is 0.510 bits per heavy atom. The molecule has 1 aliphatic carbocycles. The van der Waals surface area contributed by atoms with Crippen LogP contribution in [0, 0.1) is 0 Å². The smallest absolute Gasteiger partial charge is 0.216 e. The van der Waals surface area contributed by atoms with Gasteiger partial charge in [-0.1, -0.05) is 153 Å². The van der Waals surface area contributed by atoms with Gasteiger partial charge >= 0.3 is 0 Å². The molecule has 3 nitrogen and oxygen atoms in total. The molecule has 0 saturated heterocycles. The fraction of sp³-hybridized carbons (Fsp3) is 0.0652. The number of hydrogen-bond acceptors (Lipinski definition) is 0. The lowest BCUT2D eigenvalue weighted by molar-refractivity contribution is -0.767. The first-order chi connectivity index (χ1) is 24.1. The number of hydrogen-bond donors (Lipinski definition) is 0. The maximum atomic E-state index is 5.66. The molecule has 2 heterocycles. The first-order valence-corrected chi connectivity index (χ1v) is 17.1. The van der Waals surface area contributed by atoms with Crippen molar-refractivity contribution < 1.29 is 4.79 Å². The molecular formula is C46H31N3. The predicted molar refractivity (Wildman–Crippen MR) is 203 cm³/mol. The van der Waals surface area contributed by atoms with Gasteiger partial charge in [-0.05, 0) is 77.1 Å². The highest BCUT2D eigenvalue weighted by Crippen LogP contribution is 2.51. The first kappa shape index (κ1) is 26.8. The largest absolute Gasteiger partial charge is 0.241 e. The fourth-order valence-electron chi connectivity index (χ4n) is 8.91. The van der Waals surface area contributed by atoms with E-state index in [-0.39, 0.29) is 5.41 Å². The summed E-state index contributed by atoms with van der Waals surface area (Å²) in [5.41, 5.74) is 9.25. The summed E-state index contributed by atoms with van der Waals surface area (Å²) in [5.74, 6) is 0. The van der Waals surface area contributed by atoms with Crippen LogP contribution in [0.15, 0.2) is 152 Å². The van der Waals surface area contributed by atoms with Gasteiger partial charge in [-0.2, -0.15) is 5.10 Å². The van der Waals surface area contributed by atoms with Crippen molar-refractivity contribution in [3.05, 3.63) is 163 Å². The summed E-state index contributed by atoms with van der Waals surface area (Å²) in [4.78, 5) is 2.23. The second kappa shape index (κ2) is 9.46. The molecule has 10 aromatic rings. The van der Waals surface area contributed by atoms with Crippen LogP contribution in [0.1, 0.15) is 25.1 Å². The summed E-state index contributed by atoms with van der Waals surface area (Å²) in [5, 5.41) is 18.3. The lowest BCUT2D eigenvalue weighted by atomic mass is 9.85. The van der Waals surface area contributed by atoms with Gasteiger partial charge in [0.25, 0.3) is 0 Å². The molecule has 0 bridgehead atoms. The summed E-state index contributed by atoms with van der Waals surface area (Å²) < 4.78 is 2.41. The van der Waals surface area contributed by atoms with Gasteiger partial charge in [0.15, 0.2) is 0 Å². The van der Waals surface area contributed by atoms with Crippen LogP contribution >= 0.6 is 0 Å². The van der Waals surface area contributed by atoms with Gasteiger partial charge in [-0.3, -0.25) is 0 Å². The number of aromatic nitrogens is 3. The number of rotatable bonds is 2. The molecule has 0 saturated carbocycles. The van der Waals surface area contributed by atoms with Gasteiger partial charge in [0.1, 0.15) is 0 Å². The van der Waals surface area contributed by atoms with E-state index in [1.807, 2.05) is 0 Å². The van der Waals surface area contributed by atoms with Gasteiger partial charge in [0, 0.05) is 27.7 Å². The van der Waals surface area contributed by atoms with Crippen molar-refractivity contribution >= 4 is 64.9 Å². The molecular weight excluding hydrogens is 595 g/mol. The highest BCUT2D eigenvalue weighted by molar-refractivity contribution is 6.36. The van der Waals surface area contributed by atoms with E-state index in [0.29, 0.717) is 0 Å². The molecule has 1 aliphatic rings. The monoisotopic (exact) mass is 625 g/mol. The molecule has 11 rings (SSSR count). The molecule has 0 unspecified atom stereocenters. The highest BCUT2D eigenvalue weighted by Gasteiger charge is 2.42. The van der Waals surface area contributed by atoms with Crippen molar-refractivity contribution in [3.63, 3.8) is 0 Å². The molecule has 0 aliphatic heterocycles. The third-order valence-corrected chi connectivity index (χ3v) is 11.1. The molecule has 230 valence electrons. The summed E-state index contributed by atoms with van der Waals surface area (Å²) in [6.45, 7) is 4.63. The van der Waals surface area contributed by atoms with E-state index in [4.69, 9.17) is 5.10 Å². The highest BCUT2D eigenvalue weighted by atomic mass is 15.6. The molecule has 0 radical (unpaired) electrons. The Morgan fingerprint density at radius 3 is 1.88 bits per heavy atom. The number of nitrogens with zero attached hydrogens (tertiary/aromatic N) is 3. The Balaban J connectivity index is 1.40. The molecule has 0 fully saturated rings. The standard InChI is InChI=1S/C46H31N3/c1-46(2)38-23-13-12-22-36(38)42-43(29-15-4-3-5-16-29)49(47-45(42)46)48-39-27-26-35-33-20-9-8-18-31(33)32-19-10-11-21-34(32)40(35)41(39)37-25-24-28-14-6-7-17-30(28)44(37)48/h3-27H,1-2H3. The van der Waals surface area contributed by atoms with E-state index in [9.17, 15) is 0 Å². The second-order valence-corrected chi connectivity index (χ2v) is 14.0. The Bertz CT molecular complexity index is 2980. The van der Waals surface area contributed by atoms with Gasteiger partial charge < -0.3 is 0 Å². The van der Waals surface area contributed by atoms with Crippen molar-refractivity contribution in [3.8, 4) is 22.4 Å². The van der Waals surface area contributed by atoms with Crippen LogP contribution < -0.4 is 9.89 Å². The van der Waals surface area contributed by atoms with E-state index in [1.165, 1.54) is 76.1 Å². The van der Waals surface area contributed by atoms with Crippen LogP contribution in [-0.4, -0.2) is 4.68 Å². The SMILES string of the molecule is CC1(C)c2ccccc2-c2c1[n-][n+](-n1c3ccc4c5ccccc5c5ccccc5c4c3c3ccc4ccccc4c31)c2-c1ccccc1. The van der Waals surface area contributed by atoms with E-state index in [1.54, 1.807) is 0 Å². The third-order valence-electron chi connectivity index (χ3n) is 11.1. The normalized spacial score (nSPS) is 13.7. The lowest BCUT2D eigenvalue weighted by Gasteiger charge is -2.21. The van der Waals surface area contributed by atoms with Gasteiger partial charge in [0.2, 0.25) is 5.69 Å². The molecule has 0 atom stereocenters. The minimum Gasteiger partial charge on any atom is -0.216 e. The Morgan fingerprint density at radius 2 is 1.10 bits per heavy atom. The fourth-order valence-corrected chi connectivity index (χ4v) is 8.91. The van der Waals surface area contributed by atoms with E-state index in [2.05, 4.69) is 175 Å². The predicted octanol–water partition coefficient (Wildman–Crippen LogP) is 10.9. The van der Waals surface area contributed by atoms with E-state index < -0.39 is 0 Å². The summed E-state index contributed by atoms with van der Waals surface area (Å²) in [6.07, 6.45) is 0. The van der Waals surface area contributed by atoms with E-state index in [0.717, 1.165) is 22.5 Å². The third kappa shape index (κ3) is 3.39. The average Bonchev–Trinajstić information content (AvgIpc) is 3.78. The minimum atomic E-state index is -0.247. The number of benzene rings is 8. The van der Waals surface area contributed by atoms with Crippen LogP contribution in [0.25, 0.3) is 87.3 Å². The second-order valence-electron chi connectivity index (χ2n) is 14.0. The van der Waals surface area contributed by atoms with Crippen LogP contribution in [0.5, 0.6) is 0 Å². The molecule has 0 amide bonds. The molecule has 8 aromatic carbocycles. The van der Waals surface area contributed by atoms with Crippen molar-refractivity contribution in [2.45, 2.75) is 19.3 Å². The van der Waals surface area contributed by atoms with Crippen LogP contribution in [0.2, 0.25) is 0 Å². The number of fused-ring (bicyclic) bond motifs is 15. The quantitative estimate of drug-likeness (QED) is 0.138. The summed E-state index contributed by atoms with van der Waals surface area (Å²) in [7, 11) is 0. The van der Waals surface area contributed by atoms with Crippen molar-refractivity contribution in [2.75, 3.05) is 0 Å². The van der Waals surface area contributed by atoms with Crippen molar-refractivity contribution in [1.82, 2.24) is 9.77 Å². The maximum absolute atomic E-state index is 5.66. The van der Waals surface area contributed by atoms with Crippen LogP contribution in [-0.2, 0) is 5.41 Å². The van der Waals surface area contributed by atoms with E-state index >= 15 is 0 Å². The molecule has 2 aromatic heterocycles. The molecule has 0 spiro atoms. The Hall–Kier alpha value is -6.19. The van der Waals surface area contributed by atoms with Gasteiger partial charge in [-0.25, -0.2) is 4.68 Å². The average molecular weight is 626 g/mol. The maximum Gasteiger partial charge on any atom is 0.241 e. The van der Waals surface area contributed by atoms with Crippen molar-refractivity contribution in [2.24, 2.45) is 0 Å². The van der Waals surface area contributed by atoms with Gasteiger partial charge in [0.05, 0.1) is 5.56 Å². The zero-order valence-electron chi connectivity index (χ0n) is 27.3. The topological polar surface area (TPSA) is 22.9 Å². The minimum absolute atomic E-state index is 0.247. The van der Waals surface area contributed by atoms with Gasteiger partial charge in [-0.15, -0.1) is 4.79 Å². The molecule has 0 N–H and O–H groups in total.